The van der Waals surface area contributed by atoms with Gasteiger partial charge in [-0.25, -0.2) is 4.39 Å². The van der Waals surface area contributed by atoms with Crippen molar-refractivity contribution >= 4 is 0 Å². The number of hydrogen-bond acceptors (Lipinski definition) is 2. The van der Waals surface area contributed by atoms with E-state index in [0.29, 0.717) is 6.61 Å². The summed E-state index contributed by atoms with van der Waals surface area (Å²) in [5, 5.41) is 3.04. The number of ether oxygens (including phenoxy) is 1. The van der Waals surface area contributed by atoms with Crippen LogP contribution < -0.4 is 10.1 Å². The van der Waals surface area contributed by atoms with Crippen molar-refractivity contribution in [2.24, 2.45) is 0 Å². The van der Waals surface area contributed by atoms with Crippen molar-refractivity contribution in [2.75, 3.05) is 20.2 Å². The molecule has 0 unspecified atom stereocenters. The quantitative estimate of drug-likeness (QED) is 0.730. The van der Waals surface area contributed by atoms with Gasteiger partial charge in [-0.05, 0) is 50.7 Å². The summed E-state index contributed by atoms with van der Waals surface area (Å²) in [5.74, 6) is 0.549. The zero-order chi connectivity index (χ0) is 10.4. The Morgan fingerprint density at radius 3 is 2.86 bits per heavy atom. The summed E-state index contributed by atoms with van der Waals surface area (Å²) in [4.78, 5) is 0. The molecule has 2 nitrogen and oxygen atoms in total. The highest BCUT2D eigenvalue weighted by Crippen LogP contribution is 2.18. The number of halogens is 1. The predicted molar refractivity (Wildman–Crippen MR) is 55.2 cm³/mol. The lowest BCUT2D eigenvalue weighted by Crippen LogP contribution is -2.11. The van der Waals surface area contributed by atoms with Gasteiger partial charge < -0.3 is 10.1 Å². The van der Waals surface area contributed by atoms with Crippen LogP contribution in [-0.2, 0) is 0 Å². The number of aryl methyl sites for hydroxylation is 1. The van der Waals surface area contributed by atoms with Gasteiger partial charge in [0.25, 0.3) is 0 Å². The Balaban J connectivity index is 2.42. The molecule has 0 radical (unpaired) electrons. The summed E-state index contributed by atoms with van der Waals surface area (Å²) in [6, 6.07) is 4.57. The lowest BCUT2D eigenvalue weighted by Gasteiger charge is -2.08. The predicted octanol–water partition coefficient (Wildman–Crippen LogP) is 2.12. The van der Waals surface area contributed by atoms with Gasteiger partial charge in [0.05, 0.1) is 6.61 Å². The lowest BCUT2D eigenvalue weighted by molar-refractivity contribution is 0.307. The van der Waals surface area contributed by atoms with Crippen LogP contribution in [0.1, 0.15) is 12.0 Å². The first kappa shape index (κ1) is 11.0. The van der Waals surface area contributed by atoms with Crippen LogP contribution >= 0.6 is 0 Å². The standard InChI is InChI=1S/C11H16FNO/c1-9-8-10(12)4-5-11(9)14-7-3-6-13-2/h4-5,8,13H,3,6-7H2,1-2H3. The van der Waals surface area contributed by atoms with Gasteiger partial charge in [0, 0.05) is 0 Å². The number of rotatable bonds is 5. The summed E-state index contributed by atoms with van der Waals surface area (Å²) >= 11 is 0. The van der Waals surface area contributed by atoms with Gasteiger partial charge in [-0.1, -0.05) is 0 Å². The fraction of sp³-hybridized carbons (Fsp3) is 0.455. The van der Waals surface area contributed by atoms with E-state index in [1.54, 1.807) is 6.07 Å². The average molecular weight is 197 g/mol. The van der Waals surface area contributed by atoms with Gasteiger partial charge in [0.15, 0.2) is 0 Å². The van der Waals surface area contributed by atoms with E-state index in [1.807, 2.05) is 14.0 Å². The molecule has 0 saturated carbocycles. The molecular weight excluding hydrogens is 181 g/mol. The van der Waals surface area contributed by atoms with Crippen LogP contribution in [0.2, 0.25) is 0 Å². The smallest absolute Gasteiger partial charge is 0.123 e. The average Bonchev–Trinajstić information content (AvgIpc) is 2.15. The van der Waals surface area contributed by atoms with Crippen LogP contribution in [0, 0.1) is 12.7 Å². The summed E-state index contributed by atoms with van der Waals surface area (Å²) in [6.07, 6.45) is 0.952. The maximum atomic E-state index is 12.7. The molecule has 1 aromatic carbocycles. The van der Waals surface area contributed by atoms with E-state index >= 15 is 0 Å². The Morgan fingerprint density at radius 1 is 1.43 bits per heavy atom. The van der Waals surface area contributed by atoms with Crippen LogP contribution in [-0.4, -0.2) is 20.2 Å². The second-order valence-electron chi connectivity index (χ2n) is 3.22. The Kier molecular flexibility index (Phi) is 4.40. The van der Waals surface area contributed by atoms with Crippen molar-refractivity contribution in [1.82, 2.24) is 5.32 Å². The van der Waals surface area contributed by atoms with Crippen LogP contribution in [0.25, 0.3) is 0 Å². The molecule has 1 aromatic rings. The van der Waals surface area contributed by atoms with E-state index in [0.717, 1.165) is 24.3 Å². The first-order chi connectivity index (χ1) is 6.74. The zero-order valence-corrected chi connectivity index (χ0v) is 8.64. The highest BCUT2D eigenvalue weighted by molar-refractivity contribution is 5.32. The minimum atomic E-state index is -0.218. The fourth-order valence-electron chi connectivity index (χ4n) is 1.21. The van der Waals surface area contributed by atoms with E-state index in [9.17, 15) is 4.39 Å². The third kappa shape index (κ3) is 3.34. The highest BCUT2D eigenvalue weighted by Gasteiger charge is 2.00. The van der Waals surface area contributed by atoms with Gasteiger partial charge in [-0.3, -0.25) is 0 Å². The highest BCUT2D eigenvalue weighted by atomic mass is 19.1. The number of benzene rings is 1. The summed E-state index contributed by atoms with van der Waals surface area (Å²) in [6.45, 7) is 3.43. The van der Waals surface area contributed by atoms with Crippen molar-refractivity contribution in [1.29, 1.82) is 0 Å². The molecule has 0 aliphatic carbocycles. The first-order valence-corrected chi connectivity index (χ1v) is 4.77. The van der Waals surface area contributed by atoms with Gasteiger partial charge in [-0.2, -0.15) is 0 Å². The summed E-state index contributed by atoms with van der Waals surface area (Å²) in [5.41, 5.74) is 0.842. The molecule has 0 amide bonds. The SMILES string of the molecule is CNCCCOc1ccc(F)cc1C. The minimum Gasteiger partial charge on any atom is -0.493 e. The molecule has 14 heavy (non-hydrogen) atoms. The summed E-state index contributed by atoms with van der Waals surface area (Å²) in [7, 11) is 1.91. The van der Waals surface area contributed by atoms with Crippen LogP contribution in [0.4, 0.5) is 4.39 Å². The van der Waals surface area contributed by atoms with Crippen molar-refractivity contribution in [3.8, 4) is 5.75 Å². The second-order valence-corrected chi connectivity index (χ2v) is 3.22. The normalized spacial score (nSPS) is 10.2. The van der Waals surface area contributed by atoms with Crippen molar-refractivity contribution < 1.29 is 9.13 Å². The topological polar surface area (TPSA) is 21.3 Å². The molecule has 0 saturated heterocycles. The molecule has 3 heteroatoms. The molecule has 1 N–H and O–H groups in total. The molecule has 0 spiro atoms. The largest absolute Gasteiger partial charge is 0.493 e. The number of hydrogen-bond donors (Lipinski definition) is 1. The van der Waals surface area contributed by atoms with E-state index in [4.69, 9.17) is 4.74 Å². The van der Waals surface area contributed by atoms with Gasteiger partial charge >= 0.3 is 0 Å². The van der Waals surface area contributed by atoms with Crippen LogP contribution in [0.15, 0.2) is 18.2 Å². The van der Waals surface area contributed by atoms with Crippen molar-refractivity contribution in [3.05, 3.63) is 29.6 Å². The molecule has 0 aromatic heterocycles. The van der Waals surface area contributed by atoms with Crippen molar-refractivity contribution in [2.45, 2.75) is 13.3 Å². The third-order valence-corrected chi connectivity index (χ3v) is 1.97. The Bertz CT molecular complexity index is 289. The van der Waals surface area contributed by atoms with E-state index in [2.05, 4.69) is 5.32 Å². The van der Waals surface area contributed by atoms with Crippen LogP contribution in [0.5, 0.6) is 5.75 Å². The molecule has 0 aliphatic rings. The first-order valence-electron chi connectivity index (χ1n) is 4.77. The van der Waals surface area contributed by atoms with E-state index in [1.165, 1.54) is 12.1 Å². The van der Waals surface area contributed by atoms with E-state index in [-0.39, 0.29) is 5.82 Å². The Hall–Kier alpha value is -1.09. The molecule has 1 rings (SSSR count). The molecule has 0 heterocycles. The second kappa shape index (κ2) is 5.60. The lowest BCUT2D eigenvalue weighted by atomic mass is 10.2. The van der Waals surface area contributed by atoms with Gasteiger partial charge in [0.1, 0.15) is 11.6 Å². The fourth-order valence-corrected chi connectivity index (χ4v) is 1.21. The molecule has 0 aliphatic heterocycles. The molecule has 78 valence electrons. The Morgan fingerprint density at radius 2 is 2.21 bits per heavy atom. The monoisotopic (exact) mass is 197 g/mol. The molecular formula is C11H16FNO. The number of nitrogens with one attached hydrogen (secondary N) is 1. The molecule has 0 bridgehead atoms. The molecule has 0 fully saturated rings. The maximum absolute atomic E-state index is 12.7. The van der Waals surface area contributed by atoms with Gasteiger partial charge in [0.2, 0.25) is 0 Å². The maximum Gasteiger partial charge on any atom is 0.123 e. The Labute approximate surface area is 84.1 Å². The molecule has 0 atom stereocenters. The van der Waals surface area contributed by atoms with Crippen LogP contribution in [0.3, 0.4) is 0 Å². The minimum absolute atomic E-state index is 0.218. The zero-order valence-electron chi connectivity index (χ0n) is 8.64. The van der Waals surface area contributed by atoms with Gasteiger partial charge in [-0.15, -0.1) is 0 Å². The van der Waals surface area contributed by atoms with E-state index < -0.39 is 0 Å². The summed E-state index contributed by atoms with van der Waals surface area (Å²) < 4.78 is 18.2. The third-order valence-electron chi connectivity index (χ3n) is 1.97. The van der Waals surface area contributed by atoms with Crippen molar-refractivity contribution in [3.63, 3.8) is 0 Å².